The Morgan fingerprint density at radius 1 is 1.07 bits per heavy atom. The average molecular weight is 382 g/mol. The van der Waals surface area contributed by atoms with Gasteiger partial charge >= 0.3 is 6.18 Å². The zero-order chi connectivity index (χ0) is 19.3. The van der Waals surface area contributed by atoms with E-state index >= 15 is 0 Å². The third-order valence-electron chi connectivity index (χ3n) is 4.37. The molecule has 9 heteroatoms. The van der Waals surface area contributed by atoms with Crippen molar-refractivity contribution in [1.82, 2.24) is 19.6 Å². The van der Waals surface area contributed by atoms with Crippen LogP contribution in [0.3, 0.4) is 0 Å². The van der Waals surface area contributed by atoms with Crippen molar-refractivity contribution in [2.24, 2.45) is 0 Å². The molecule has 0 unspecified atom stereocenters. The number of alkyl halides is 3. The molecular weight excluding hydrogens is 361 g/mol. The molecule has 6 nitrogen and oxygen atoms in total. The monoisotopic (exact) mass is 382 g/mol. The summed E-state index contributed by atoms with van der Waals surface area (Å²) in [6, 6.07) is 10.4. The van der Waals surface area contributed by atoms with Gasteiger partial charge in [-0.2, -0.15) is 18.3 Å². The van der Waals surface area contributed by atoms with E-state index in [0.717, 1.165) is 23.0 Å². The lowest BCUT2D eigenvalue weighted by Gasteiger charge is -2.34. The molecule has 146 valence electrons. The van der Waals surface area contributed by atoms with Crippen molar-refractivity contribution >= 4 is 5.91 Å². The summed E-state index contributed by atoms with van der Waals surface area (Å²) in [4.78, 5) is 16.1. The van der Waals surface area contributed by atoms with Crippen LogP contribution in [0.5, 0.6) is 5.75 Å². The molecule has 1 aliphatic rings. The molecule has 0 saturated carbocycles. The van der Waals surface area contributed by atoms with E-state index in [0.29, 0.717) is 32.8 Å². The minimum Gasteiger partial charge on any atom is -0.492 e. The van der Waals surface area contributed by atoms with Crippen molar-refractivity contribution in [2.45, 2.75) is 12.7 Å². The van der Waals surface area contributed by atoms with Gasteiger partial charge in [-0.05, 0) is 18.2 Å². The van der Waals surface area contributed by atoms with Gasteiger partial charge in [0.15, 0.2) is 5.69 Å². The molecule has 3 rings (SSSR count). The van der Waals surface area contributed by atoms with Crippen molar-refractivity contribution in [1.29, 1.82) is 0 Å². The molecule has 1 aromatic carbocycles. The van der Waals surface area contributed by atoms with Crippen molar-refractivity contribution < 1.29 is 22.7 Å². The van der Waals surface area contributed by atoms with Crippen LogP contribution in [0.15, 0.2) is 42.6 Å². The molecular formula is C18H21F3N4O2. The number of nitrogens with zero attached hydrogens (tertiary/aromatic N) is 4. The molecule has 1 aliphatic heterocycles. The quantitative estimate of drug-likeness (QED) is 0.768. The summed E-state index contributed by atoms with van der Waals surface area (Å²) in [5.41, 5.74) is -0.987. The number of carbonyl (C=O) groups excluding carboxylic acids is 1. The predicted molar refractivity (Wildman–Crippen MR) is 92.2 cm³/mol. The maximum absolute atomic E-state index is 12.6. The van der Waals surface area contributed by atoms with Gasteiger partial charge in [-0.15, -0.1) is 0 Å². The Kier molecular flexibility index (Phi) is 6.00. The van der Waals surface area contributed by atoms with Crippen LogP contribution in [0.1, 0.15) is 5.69 Å². The van der Waals surface area contributed by atoms with Crippen LogP contribution < -0.4 is 4.74 Å². The lowest BCUT2D eigenvalue weighted by molar-refractivity contribution is -0.142. The third kappa shape index (κ3) is 5.46. The molecule has 1 saturated heterocycles. The third-order valence-corrected chi connectivity index (χ3v) is 4.37. The fourth-order valence-electron chi connectivity index (χ4n) is 2.87. The maximum atomic E-state index is 12.6. The Morgan fingerprint density at radius 3 is 2.41 bits per heavy atom. The van der Waals surface area contributed by atoms with E-state index in [9.17, 15) is 18.0 Å². The van der Waals surface area contributed by atoms with E-state index in [-0.39, 0.29) is 12.5 Å². The van der Waals surface area contributed by atoms with Gasteiger partial charge in [0.2, 0.25) is 5.91 Å². The van der Waals surface area contributed by atoms with Crippen molar-refractivity contribution in [3.05, 3.63) is 48.3 Å². The van der Waals surface area contributed by atoms with Gasteiger partial charge in [-0.3, -0.25) is 14.4 Å². The largest absolute Gasteiger partial charge is 0.492 e. The number of aromatic nitrogens is 2. The first-order valence-electron chi connectivity index (χ1n) is 8.70. The lowest BCUT2D eigenvalue weighted by Crippen LogP contribution is -2.50. The van der Waals surface area contributed by atoms with Gasteiger partial charge in [0, 0.05) is 38.9 Å². The van der Waals surface area contributed by atoms with Gasteiger partial charge in [0.25, 0.3) is 0 Å². The normalized spacial score (nSPS) is 15.7. The molecule has 0 bridgehead atoms. The number of para-hydroxylation sites is 1. The van der Waals surface area contributed by atoms with Gasteiger partial charge < -0.3 is 9.64 Å². The van der Waals surface area contributed by atoms with Crippen LogP contribution in [0, 0.1) is 0 Å². The number of hydrogen-bond donors (Lipinski definition) is 0. The first-order valence-corrected chi connectivity index (χ1v) is 8.70. The number of carbonyl (C=O) groups is 1. The van der Waals surface area contributed by atoms with Crippen LogP contribution in [0.25, 0.3) is 0 Å². The Bertz CT molecular complexity index is 741. The van der Waals surface area contributed by atoms with Crippen LogP contribution in [0.4, 0.5) is 13.2 Å². The van der Waals surface area contributed by atoms with E-state index in [1.165, 1.54) is 6.20 Å². The lowest BCUT2D eigenvalue weighted by atomic mass is 10.3. The molecule has 27 heavy (non-hydrogen) atoms. The summed E-state index contributed by atoms with van der Waals surface area (Å²) in [6.07, 6.45) is -3.32. The number of hydrogen-bond acceptors (Lipinski definition) is 4. The van der Waals surface area contributed by atoms with Gasteiger partial charge in [-0.1, -0.05) is 18.2 Å². The first-order chi connectivity index (χ1) is 12.9. The predicted octanol–water partition coefficient (Wildman–Crippen LogP) is 2.13. The van der Waals surface area contributed by atoms with Gasteiger partial charge in [0.05, 0.1) is 0 Å². The summed E-state index contributed by atoms with van der Waals surface area (Å²) in [5.74, 6) is 0.593. The van der Waals surface area contributed by atoms with Crippen molar-refractivity contribution in [3.8, 4) is 5.75 Å². The summed E-state index contributed by atoms with van der Waals surface area (Å²) in [6.45, 7) is 3.62. The number of benzene rings is 1. The smallest absolute Gasteiger partial charge is 0.435 e. The zero-order valence-electron chi connectivity index (χ0n) is 14.7. The van der Waals surface area contributed by atoms with Crippen molar-refractivity contribution in [3.63, 3.8) is 0 Å². The van der Waals surface area contributed by atoms with Crippen molar-refractivity contribution in [2.75, 3.05) is 39.3 Å². The average Bonchev–Trinajstić information content (AvgIpc) is 3.12. The van der Waals surface area contributed by atoms with Gasteiger partial charge in [0.1, 0.15) is 18.9 Å². The molecule has 2 aromatic rings. The second kappa shape index (κ2) is 8.43. The second-order valence-corrected chi connectivity index (χ2v) is 6.28. The Balaban J connectivity index is 1.39. The highest BCUT2D eigenvalue weighted by Gasteiger charge is 2.33. The number of amides is 1. The number of piperazine rings is 1. The molecule has 1 amide bonds. The van der Waals surface area contributed by atoms with Crippen LogP contribution in [0.2, 0.25) is 0 Å². The Hall–Kier alpha value is -2.55. The molecule has 1 aromatic heterocycles. The zero-order valence-corrected chi connectivity index (χ0v) is 14.7. The topological polar surface area (TPSA) is 50.6 Å². The fourth-order valence-corrected chi connectivity index (χ4v) is 2.87. The summed E-state index contributed by atoms with van der Waals surface area (Å²) in [7, 11) is 0. The van der Waals surface area contributed by atoms with E-state index < -0.39 is 11.9 Å². The molecule has 0 aliphatic carbocycles. The summed E-state index contributed by atoms with van der Waals surface area (Å²) >= 11 is 0. The van der Waals surface area contributed by atoms with E-state index in [1.54, 1.807) is 4.90 Å². The molecule has 1 fully saturated rings. The molecule has 0 N–H and O–H groups in total. The standard InChI is InChI=1S/C18H21F3N4O2/c19-18(20,21)16-6-7-25(22-16)14-17(26)24-10-8-23(9-11-24)12-13-27-15-4-2-1-3-5-15/h1-7H,8-14H2. The van der Waals surface area contributed by atoms with E-state index in [4.69, 9.17) is 4.74 Å². The highest BCUT2D eigenvalue weighted by Crippen LogP contribution is 2.27. The maximum Gasteiger partial charge on any atom is 0.435 e. The first kappa shape index (κ1) is 19.2. The molecule has 0 atom stereocenters. The van der Waals surface area contributed by atoms with Crippen LogP contribution >= 0.6 is 0 Å². The highest BCUT2D eigenvalue weighted by molar-refractivity contribution is 5.76. The fraction of sp³-hybridized carbons (Fsp3) is 0.444. The highest BCUT2D eigenvalue weighted by atomic mass is 19.4. The number of ether oxygens (including phenoxy) is 1. The van der Waals surface area contributed by atoms with E-state index in [2.05, 4.69) is 10.00 Å². The molecule has 2 heterocycles. The van der Waals surface area contributed by atoms with Crippen LogP contribution in [-0.4, -0.2) is 64.8 Å². The van der Waals surface area contributed by atoms with Crippen LogP contribution in [-0.2, 0) is 17.5 Å². The Labute approximate surface area is 155 Å². The molecule has 0 spiro atoms. The van der Waals surface area contributed by atoms with E-state index in [1.807, 2.05) is 30.3 Å². The molecule has 0 radical (unpaired) electrons. The SMILES string of the molecule is O=C(Cn1ccc(C(F)(F)F)n1)N1CCN(CCOc2ccccc2)CC1. The summed E-state index contributed by atoms with van der Waals surface area (Å²) in [5, 5.41) is 3.42. The summed E-state index contributed by atoms with van der Waals surface area (Å²) < 4.78 is 44.4. The minimum absolute atomic E-state index is 0.187. The van der Waals surface area contributed by atoms with Gasteiger partial charge in [-0.25, -0.2) is 0 Å². The minimum atomic E-state index is -4.50. The number of rotatable bonds is 6. The second-order valence-electron chi connectivity index (χ2n) is 6.28. The number of halogens is 3. The Morgan fingerprint density at radius 2 is 1.78 bits per heavy atom.